The Morgan fingerprint density at radius 1 is 1.50 bits per heavy atom. The monoisotopic (exact) mass is 177 g/mol. The van der Waals surface area contributed by atoms with E-state index in [0.29, 0.717) is 6.04 Å². The molecule has 0 spiro atoms. The fraction of sp³-hybridized carbons (Fsp3) is 1.00. The molecule has 0 radical (unpaired) electrons. The highest BCUT2D eigenvalue weighted by Gasteiger charge is 2.44. The van der Waals surface area contributed by atoms with E-state index in [4.69, 9.17) is 0 Å². The lowest BCUT2D eigenvalue weighted by molar-refractivity contribution is -0.109. The van der Waals surface area contributed by atoms with Gasteiger partial charge in [0.15, 0.2) is 0 Å². The minimum absolute atomic E-state index is 0.0798. The van der Waals surface area contributed by atoms with Gasteiger partial charge >= 0.3 is 0 Å². The van der Waals surface area contributed by atoms with Gasteiger partial charge in [0.1, 0.15) is 0 Å². The molecule has 0 amide bonds. The standard InChI is InChI=1S/C9H17F2N/c1-3-7(2)12-6-8-4-9(10,11)5-8/h7-8,12H,3-6H2,1-2H3. The van der Waals surface area contributed by atoms with Crippen LogP contribution in [0.3, 0.4) is 0 Å². The first kappa shape index (κ1) is 9.90. The number of alkyl halides is 2. The molecular formula is C9H17F2N. The van der Waals surface area contributed by atoms with Crippen molar-refractivity contribution in [3.63, 3.8) is 0 Å². The first-order chi connectivity index (χ1) is 5.53. The number of nitrogens with one attached hydrogen (secondary N) is 1. The van der Waals surface area contributed by atoms with Crippen LogP contribution in [-0.2, 0) is 0 Å². The van der Waals surface area contributed by atoms with Crippen LogP contribution in [0.25, 0.3) is 0 Å². The van der Waals surface area contributed by atoms with E-state index in [1.54, 1.807) is 0 Å². The van der Waals surface area contributed by atoms with Gasteiger partial charge in [0, 0.05) is 18.9 Å². The van der Waals surface area contributed by atoms with Crippen molar-refractivity contribution < 1.29 is 8.78 Å². The lowest BCUT2D eigenvalue weighted by atomic mass is 9.81. The maximum absolute atomic E-state index is 12.4. The first-order valence-electron chi connectivity index (χ1n) is 4.64. The quantitative estimate of drug-likeness (QED) is 0.695. The molecule has 1 rings (SSSR count). The van der Waals surface area contributed by atoms with Crippen molar-refractivity contribution in [2.75, 3.05) is 6.54 Å². The molecule has 3 heteroatoms. The molecule has 0 saturated heterocycles. The number of rotatable bonds is 4. The summed E-state index contributed by atoms with van der Waals surface area (Å²) in [7, 11) is 0. The van der Waals surface area contributed by atoms with Crippen LogP contribution in [0.15, 0.2) is 0 Å². The molecule has 0 bridgehead atoms. The van der Waals surface area contributed by atoms with Gasteiger partial charge in [-0.3, -0.25) is 0 Å². The van der Waals surface area contributed by atoms with Gasteiger partial charge in [-0.1, -0.05) is 6.92 Å². The van der Waals surface area contributed by atoms with Crippen LogP contribution in [0.4, 0.5) is 8.78 Å². The normalized spacial score (nSPS) is 25.0. The number of halogens is 2. The largest absolute Gasteiger partial charge is 0.314 e. The Morgan fingerprint density at radius 3 is 2.50 bits per heavy atom. The molecule has 1 unspecified atom stereocenters. The predicted octanol–water partition coefficient (Wildman–Crippen LogP) is 2.42. The third-order valence-corrected chi connectivity index (χ3v) is 2.54. The molecule has 1 saturated carbocycles. The third-order valence-electron chi connectivity index (χ3n) is 2.54. The Kier molecular flexibility index (Phi) is 3.04. The lowest BCUT2D eigenvalue weighted by Gasteiger charge is -2.35. The maximum atomic E-state index is 12.4. The molecule has 0 heterocycles. The third kappa shape index (κ3) is 2.70. The zero-order valence-corrected chi connectivity index (χ0v) is 7.74. The summed E-state index contributed by atoms with van der Waals surface area (Å²) >= 11 is 0. The van der Waals surface area contributed by atoms with Gasteiger partial charge in [-0.15, -0.1) is 0 Å². The summed E-state index contributed by atoms with van der Waals surface area (Å²) in [5.41, 5.74) is 0. The highest BCUT2D eigenvalue weighted by Crippen LogP contribution is 2.41. The second kappa shape index (κ2) is 3.69. The van der Waals surface area contributed by atoms with E-state index >= 15 is 0 Å². The van der Waals surface area contributed by atoms with Crippen LogP contribution in [0.5, 0.6) is 0 Å². The van der Waals surface area contributed by atoms with Crippen LogP contribution in [0, 0.1) is 5.92 Å². The van der Waals surface area contributed by atoms with Gasteiger partial charge < -0.3 is 5.32 Å². The average molecular weight is 177 g/mol. The van der Waals surface area contributed by atoms with Crippen molar-refractivity contribution in [1.29, 1.82) is 0 Å². The summed E-state index contributed by atoms with van der Waals surface area (Å²) in [6.07, 6.45) is 1.22. The van der Waals surface area contributed by atoms with Crippen LogP contribution in [-0.4, -0.2) is 18.5 Å². The number of hydrogen-bond donors (Lipinski definition) is 1. The Bertz CT molecular complexity index is 139. The maximum Gasteiger partial charge on any atom is 0.248 e. The van der Waals surface area contributed by atoms with Crippen LogP contribution >= 0.6 is 0 Å². The molecule has 0 aromatic rings. The van der Waals surface area contributed by atoms with Gasteiger partial charge in [-0.05, 0) is 25.8 Å². The average Bonchev–Trinajstić information content (AvgIpc) is 1.96. The van der Waals surface area contributed by atoms with E-state index in [1.807, 2.05) is 0 Å². The SMILES string of the molecule is CCC(C)NCC1CC(F)(F)C1. The van der Waals surface area contributed by atoms with E-state index in [2.05, 4.69) is 19.2 Å². The number of hydrogen-bond acceptors (Lipinski definition) is 1. The fourth-order valence-corrected chi connectivity index (χ4v) is 1.44. The van der Waals surface area contributed by atoms with Gasteiger partial charge in [-0.2, -0.15) is 0 Å². The fourth-order valence-electron chi connectivity index (χ4n) is 1.44. The summed E-state index contributed by atoms with van der Waals surface area (Å²) in [5, 5.41) is 3.24. The highest BCUT2D eigenvalue weighted by molar-refractivity contribution is 4.87. The van der Waals surface area contributed by atoms with Gasteiger partial charge in [-0.25, -0.2) is 8.78 Å². The Labute approximate surface area is 72.5 Å². The summed E-state index contributed by atoms with van der Waals surface area (Å²) < 4.78 is 24.7. The van der Waals surface area contributed by atoms with Crippen molar-refractivity contribution in [3.8, 4) is 0 Å². The molecule has 12 heavy (non-hydrogen) atoms. The molecule has 0 aromatic heterocycles. The molecule has 1 aliphatic carbocycles. The van der Waals surface area contributed by atoms with Gasteiger partial charge in [0.05, 0.1) is 0 Å². The van der Waals surface area contributed by atoms with E-state index in [1.165, 1.54) is 0 Å². The lowest BCUT2D eigenvalue weighted by Crippen LogP contribution is -2.42. The van der Waals surface area contributed by atoms with Crippen molar-refractivity contribution in [3.05, 3.63) is 0 Å². The van der Waals surface area contributed by atoms with Crippen LogP contribution in [0.2, 0.25) is 0 Å². The Hall–Kier alpha value is -0.180. The molecule has 1 aliphatic rings. The summed E-state index contributed by atoms with van der Waals surface area (Å²) in [5.74, 6) is -2.16. The van der Waals surface area contributed by atoms with Crippen LogP contribution < -0.4 is 5.32 Å². The smallest absolute Gasteiger partial charge is 0.248 e. The Balaban J connectivity index is 2.04. The van der Waals surface area contributed by atoms with Crippen molar-refractivity contribution in [2.45, 2.75) is 45.1 Å². The van der Waals surface area contributed by atoms with E-state index in [-0.39, 0.29) is 18.8 Å². The summed E-state index contributed by atoms with van der Waals surface area (Å²) in [4.78, 5) is 0. The predicted molar refractivity (Wildman–Crippen MR) is 45.4 cm³/mol. The Morgan fingerprint density at radius 2 is 2.08 bits per heavy atom. The van der Waals surface area contributed by atoms with Gasteiger partial charge in [0.2, 0.25) is 5.92 Å². The highest BCUT2D eigenvalue weighted by atomic mass is 19.3. The topological polar surface area (TPSA) is 12.0 Å². The molecule has 0 aromatic carbocycles. The van der Waals surface area contributed by atoms with Crippen LogP contribution in [0.1, 0.15) is 33.1 Å². The summed E-state index contributed by atoms with van der Waals surface area (Å²) in [6, 6.07) is 0.458. The molecule has 1 N–H and O–H groups in total. The second-order valence-corrected chi connectivity index (χ2v) is 3.85. The van der Waals surface area contributed by atoms with Crippen molar-refractivity contribution in [2.24, 2.45) is 5.92 Å². The van der Waals surface area contributed by atoms with E-state index < -0.39 is 5.92 Å². The molecule has 72 valence electrons. The molecule has 1 atom stereocenters. The molecule has 1 nitrogen and oxygen atoms in total. The molecule has 1 fully saturated rings. The second-order valence-electron chi connectivity index (χ2n) is 3.85. The van der Waals surface area contributed by atoms with Crippen molar-refractivity contribution in [1.82, 2.24) is 5.32 Å². The zero-order chi connectivity index (χ0) is 9.19. The zero-order valence-electron chi connectivity index (χ0n) is 7.74. The minimum atomic E-state index is -2.36. The van der Waals surface area contributed by atoms with Crippen molar-refractivity contribution >= 4 is 0 Å². The first-order valence-corrected chi connectivity index (χ1v) is 4.64. The molecule has 0 aliphatic heterocycles. The summed E-state index contributed by atoms with van der Waals surface area (Å²) in [6.45, 7) is 4.93. The van der Waals surface area contributed by atoms with Gasteiger partial charge in [0.25, 0.3) is 0 Å². The van der Waals surface area contributed by atoms with E-state index in [9.17, 15) is 8.78 Å². The van der Waals surface area contributed by atoms with E-state index in [0.717, 1.165) is 13.0 Å². The molecular weight excluding hydrogens is 160 g/mol. The minimum Gasteiger partial charge on any atom is -0.314 e.